The Bertz CT molecular complexity index is 303. The molecule has 14 heavy (non-hydrogen) atoms. The highest BCUT2D eigenvalue weighted by atomic mass is 127. The minimum Gasteiger partial charge on any atom is -0.383 e. The van der Waals surface area contributed by atoms with Gasteiger partial charge in [-0.25, -0.2) is 4.98 Å². The molecule has 1 aliphatic heterocycles. The maximum atomic E-state index is 5.82. The van der Waals surface area contributed by atoms with E-state index in [2.05, 4.69) is 23.0 Å². The second kappa shape index (κ2) is 4.93. The number of nitrogens with zero attached hydrogens (tertiary/aromatic N) is 2. The summed E-state index contributed by atoms with van der Waals surface area (Å²) in [7, 11) is 2.14. The number of nitrogen functional groups attached to an aromatic ring is 1. The zero-order valence-electron chi connectivity index (χ0n) is 8.31. The third-order valence-corrected chi connectivity index (χ3v) is 2.75. The molecule has 0 aromatic carbocycles. The van der Waals surface area contributed by atoms with Crippen LogP contribution in [0.15, 0.2) is 18.3 Å². The largest absolute Gasteiger partial charge is 0.383 e. The molecule has 1 aromatic heterocycles. The van der Waals surface area contributed by atoms with Crippen LogP contribution in [0.3, 0.4) is 0 Å². The van der Waals surface area contributed by atoms with Crippen LogP contribution < -0.4 is 5.73 Å². The molecule has 3 nitrogen and oxygen atoms in total. The van der Waals surface area contributed by atoms with E-state index >= 15 is 0 Å². The molecular formula is C10H16IN3. The van der Waals surface area contributed by atoms with Crippen LogP contribution in [-0.4, -0.2) is 23.5 Å². The Hall–Kier alpha value is -0.360. The number of hydrogen-bond donors (Lipinski definition) is 1. The lowest BCUT2D eigenvalue weighted by molar-refractivity contribution is 0.318. The van der Waals surface area contributed by atoms with Crippen LogP contribution in [0.5, 0.6) is 0 Å². The highest BCUT2D eigenvalue weighted by Gasteiger charge is 2.24. The summed E-state index contributed by atoms with van der Waals surface area (Å²) in [6.07, 6.45) is 4.20. The second-order valence-electron chi connectivity index (χ2n) is 3.62. The van der Waals surface area contributed by atoms with Crippen molar-refractivity contribution in [2.24, 2.45) is 0 Å². The molecule has 1 fully saturated rings. The van der Waals surface area contributed by atoms with E-state index in [-0.39, 0.29) is 24.0 Å². The van der Waals surface area contributed by atoms with Crippen molar-refractivity contribution in [3.63, 3.8) is 0 Å². The fourth-order valence-corrected chi connectivity index (χ4v) is 2.01. The van der Waals surface area contributed by atoms with E-state index in [0.717, 1.165) is 0 Å². The number of pyridine rings is 1. The molecule has 1 saturated heterocycles. The van der Waals surface area contributed by atoms with E-state index < -0.39 is 0 Å². The summed E-state index contributed by atoms with van der Waals surface area (Å²) in [4.78, 5) is 6.45. The van der Waals surface area contributed by atoms with Crippen molar-refractivity contribution in [3.05, 3.63) is 23.9 Å². The van der Waals surface area contributed by atoms with E-state index in [1.54, 1.807) is 6.20 Å². The Morgan fingerprint density at radius 1 is 1.57 bits per heavy atom. The fraction of sp³-hybridized carbons (Fsp3) is 0.500. The quantitative estimate of drug-likeness (QED) is 0.808. The van der Waals surface area contributed by atoms with Gasteiger partial charge in [-0.2, -0.15) is 0 Å². The maximum Gasteiger partial charge on any atom is 0.128 e. The first kappa shape index (κ1) is 11.7. The first-order valence-electron chi connectivity index (χ1n) is 4.69. The fourth-order valence-electron chi connectivity index (χ4n) is 2.01. The summed E-state index contributed by atoms with van der Waals surface area (Å²) in [6, 6.07) is 4.51. The molecule has 0 spiro atoms. The topological polar surface area (TPSA) is 42.2 Å². The standard InChI is InChI=1S/C10H15N3.HI/c1-13-7-3-5-9(13)8-4-2-6-12-10(8)11;/h2,4,6,9H,3,5,7H2,1H3,(H2,11,12);1H. The van der Waals surface area contributed by atoms with Gasteiger partial charge in [0.1, 0.15) is 5.82 Å². The molecular weight excluding hydrogens is 289 g/mol. The van der Waals surface area contributed by atoms with Crippen molar-refractivity contribution in [2.75, 3.05) is 19.3 Å². The van der Waals surface area contributed by atoms with E-state index in [4.69, 9.17) is 5.73 Å². The Kier molecular flexibility index (Phi) is 4.12. The molecule has 2 N–H and O–H groups in total. The third-order valence-electron chi connectivity index (χ3n) is 2.75. The molecule has 2 heterocycles. The molecule has 78 valence electrons. The number of aromatic nitrogens is 1. The molecule has 2 rings (SSSR count). The van der Waals surface area contributed by atoms with Gasteiger partial charge in [-0.05, 0) is 32.5 Å². The highest BCUT2D eigenvalue weighted by Crippen LogP contribution is 2.32. The van der Waals surface area contributed by atoms with Gasteiger partial charge in [0.05, 0.1) is 0 Å². The van der Waals surface area contributed by atoms with Gasteiger partial charge in [0.2, 0.25) is 0 Å². The van der Waals surface area contributed by atoms with Crippen molar-refractivity contribution in [1.29, 1.82) is 0 Å². The summed E-state index contributed by atoms with van der Waals surface area (Å²) in [5.74, 6) is 0.682. The van der Waals surface area contributed by atoms with Crippen molar-refractivity contribution < 1.29 is 0 Å². The normalized spacial score (nSPS) is 21.9. The molecule has 0 radical (unpaired) electrons. The van der Waals surface area contributed by atoms with Crippen molar-refractivity contribution in [3.8, 4) is 0 Å². The van der Waals surface area contributed by atoms with Crippen LogP contribution in [0.1, 0.15) is 24.4 Å². The lowest BCUT2D eigenvalue weighted by Gasteiger charge is -2.20. The predicted molar refractivity (Wildman–Crippen MR) is 68.7 cm³/mol. The molecule has 1 aromatic rings. The van der Waals surface area contributed by atoms with Gasteiger partial charge in [0.25, 0.3) is 0 Å². The van der Waals surface area contributed by atoms with Crippen LogP contribution in [0, 0.1) is 0 Å². The van der Waals surface area contributed by atoms with E-state index in [1.165, 1.54) is 24.9 Å². The molecule has 1 unspecified atom stereocenters. The monoisotopic (exact) mass is 305 g/mol. The smallest absolute Gasteiger partial charge is 0.128 e. The van der Waals surface area contributed by atoms with Gasteiger partial charge in [-0.3, -0.25) is 4.90 Å². The molecule has 0 amide bonds. The zero-order chi connectivity index (χ0) is 9.26. The van der Waals surface area contributed by atoms with Gasteiger partial charge >= 0.3 is 0 Å². The summed E-state index contributed by atoms with van der Waals surface area (Å²) in [5, 5.41) is 0. The number of rotatable bonds is 1. The molecule has 1 aliphatic rings. The molecule has 1 atom stereocenters. The van der Waals surface area contributed by atoms with Crippen LogP contribution >= 0.6 is 24.0 Å². The Morgan fingerprint density at radius 3 is 2.93 bits per heavy atom. The van der Waals surface area contributed by atoms with Crippen LogP contribution in [0.2, 0.25) is 0 Å². The Balaban J connectivity index is 0.000000980. The van der Waals surface area contributed by atoms with E-state index in [9.17, 15) is 0 Å². The number of hydrogen-bond acceptors (Lipinski definition) is 3. The number of nitrogens with two attached hydrogens (primary N) is 1. The minimum absolute atomic E-state index is 0. The second-order valence-corrected chi connectivity index (χ2v) is 3.62. The summed E-state index contributed by atoms with van der Waals surface area (Å²) in [5.41, 5.74) is 7.01. The predicted octanol–water partition coefficient (Wildman–Crippen LogP) is 2.05. The average Bonchev–Trinajstić information content (AvgIpc) is 2.52. The Labute approximate surface area is 102 Å². The van der Waals surface area contributed by atoms with Crippen LogP contribution in [-0.2, 0) is 0 Å². The van der Waals surface area contributed by atoms with Crippen LogP contribution in [0.4, 0.5) is 5.82 Å². The average molecular weight is 305 g/mol. The molecule has 4 heteroatoms. The van der Waals surface area contributed by atoms with Gasteiger partial charge in [0.15, 0.2) is 0 Å². The van der Waals surface area contributed by atoms with Crippen molar-refractivity contribution in [2.45, 2.75) is 18.9 Å². The van der Waals surface area contributed by atoms with Gasteiger partial charge < -0.3 is 5.73 Å². The summed E-state index contributed by atoms with van der Waals surface area (Å²) >= 11 is 0. The van der Waals surface area contributed by atoms with Gasteiger partial charge in [-0.1, -0.05) is 6.07 Å². The highest BCUT2D eigenvalue weighted by molar-refractivity contribution is 14.0. The molecule has 0 bridgehead atoms. The van der Waals surface area contributed by atoms with Crippen LogP contribution in [0.25, 0.3) is 0 Å². The van der Waals surface area contributed by atoms with Gasteiger partial charge in [0, 0.05) is 17.8 Å². The van der Waals surface area contributed by atoms with Crippen molar-refractivity contribution >= 4 is 29.8 Å². The first-order valence-corrected chi connectivity index (χ1v) is 4.69. The van der Waals surface area contributed by atoms with Gasteiger partial charge in [-0.15, -0.1) is 24.0 Å². The summed E-state index contributed by atoms with van der Waals surface area (Å²) < 4.78 is 0. The van der Waals surface area contributed by atoms with Crippen molar-refractivity contribution in [1.82, 2.24) is 9.88 Å². The maximum absolute atomic E-state index is 5.82. The molecule has 0 aliphatic carbocycles. The van der Waals surface area contributed by atoms with E-state index in [1.807, 2.05) is 6.07 Å². The lowest BCUT2D eigenvalue weighted by atomic mass is 10.1. The summed E-state index contributed by atoms with van der Waals surface area (Å²) in [6.45, 7) is 1.17. The lowest BCUT2D eigenvalue weighted by Crippen LogP contribution is -2.18. The first-order chi connectivity index (χ1) is 6.29. The number of anilines is 1. The number of halogens is 1. The SMILES string of the molecule is CN1CCCC1c1cccnc1N.I. The van der Waals surface area contributed by atoms with E-state index in [0.29, 0.717) is 11.9 Å². The zero-order valence-corrected chi connectivity index (χ0v) is 10.6. The number of likely N-dealkylation sites (tertiary alicyclic amines) is 1. The minimum atomic E-state index is 0. The Morgan fingerprint density at radius 2 is 2.36 bits per heavy atom. The third kappa shape index (κ3) is 2.17. The molecule has 0 saturated carbocycles.